The zero-order chi connectivity index (χ0) is 9.60. The van der Waals surface area contributed by atoms with E-state index in [0.29, 0.717) is 11.3 Å². The third kappa shape index (κ3) is 1.07. The molecule has 0 aromatic carbocycles. The van der Waals surface area contributed by atoms with E-state index in [4.69, 9.17) is 4.42 Å². The predicted molar refractivity (Wildman–Crippen MR) is 55.4 cm³/mol. The molecule has 14 heavy (non-hydrogen) atoms. The van der Waals surface area contributed by atoms with E-state index >= 15 is 0 Å². The lowest BCUT2D eigenvalue weighted by Gasteiger charge is -2.31. The molecule has 0 radical (unpaired) electrons. The monoisotopic (exact) mass is 191 g/mol. The maximum Gasteiger partial charge on any atom is 0.107 e. The quantitative estimate of drug-likeness (QED) is 0.776. The van der Waals surface area contributed by atoms with E-state index < -0.39 is 0 Å². The Morgan fingerprint density at radius 3 is 3.07 bits per heavy atom. The highest BCUT2D eigenvalue weighted by Crippen LogP contribution is 2.61. The number of furan rings is 1. The van der Waals surface area contributed by atoms with E-state index in [0.717, 1.165) is 13.0 Å². The molecule has 1 saturated carbocycles. The van der Waals surface area contributed by atoms with Crippen LogP contribution in [-0.2, 0) is 6.42 Å². The first-order valence-electron chi connectivity index (χ1n) is 5.57. The maximum absolute atomic E-state index is 5.53. The predicted octanol–water partition coefficient (Wildman–Crippen LogP) is 2.31. The van der Waals surface area contributed by atoms with Crippen molar-refractivity contribution in [2.75, 3.05) is 13.6 Å². The summed E-state index contributed by atoms with van der Waals surface area (Å²) in [4.78, 5) is 0. The normalized spacial score (nSPS) is 27.6. The molecule has 3 rings (SSSR count). The zero-order valence-corrected chi connectivity index (χ0v) is 8.68. The summed E-state index contributed by atoms with van der Waals surface area (Å²) >= 11 is 0. The highest BCUT2D eigenvalue weighted by Gasteiger charge is 2.52. The molecule has 2 nitrogen and oxygen atoms in total. The minimum atomic E-state index is 0.639. The smallest absolute Gasteiger partial charge is 0.107 e. The molecule has 0 amide bonds. The van der Waals surface area contributed by atoms with Crippen LogP contribution in [0.25, 0.3) is 0 Å². The molecule has 2 heteroatoms. The van der Waals surface area contributed by atoms with Gasteiger partial charge in [-0.15, -0.1) is 0 Å². The Balaban J connectivity index is 1.97. The van der Waals surface area contributed by atoms with Crippen LogP contribution >= 0.6 is 0 Å². The number of hydrogen-bond donors (Lipinski definition) is 1. The van der Waals surface area contributed by atoms with Gasteiger partial charge in [0.25, 0.3) is 0 Å². The van der Waals surface area contributed by atoms with E-state index in [1.165, 1.54) is 30.6 Å². The number of nitrogens with one attached hydrogen (secondary N) is 1. The summed E-state index contributed by atoms with van der Waals surface area (Å²) in [6.45, 7) is 1.10. The van der Waals surface area contributed by atoms with Crippen LogP contribution < -0.4 is 5.32 Å². The summed E-state index contributed by atoms with van der Waals surface area (Å²) in [7, 11) is 2.05. The van der Waals surface area contributed by atoms with Crippen molar-refractivity contribution < 1.29 is 4.42 Å². The molecule has 2 aliphatic rings. The lowest BCUT2D eigenvalue weighted by Crippen LogP contribution is -2.29. The van der Waals surface area contributed by atoms with E-state index in [1.807, 2.05) is 13.3 Å². The number of likely N-dealkylation sites (N-methyl/N-ethyl adjacent to an activating group) is 1. The van der Waals surface area contributed by atoms with Gasteiger partial charge >= 0.3 is 0 Å². The van der Waals surface area contributed by atoms with Crippen LogP contribution in [0.1, 0.15) is 36.5 Å². The van der Waals surface area contributed by atoms with Gasteiger partial charge in [-0.1, -0.05) is 0 Å². The van der Waals surface area contributed by atoms with Gasteiger partial charge < -0.3 is 9.73 Å². The fourth-order valence-corrected chi connectivity index (χ4v) is 3.02. The summed E-state index contributed by atoms with van der Waals surface area (Å²) in [5.74, 6) is 1.94. The molecule has 2 aliphatic carbocycles. The van der Waals surface area contributed by atoms with Gasteiger partial charge in [-0.2, -0.15) is 0 Å². The summed E-state index contributed by atoms with van der Waals surface area (Å²) in [5, 5.41) is 3.32. The van der Waals surface area contributed by atoms with Crippen molar-refractivity contribution in [2.24, 2.45) is 5.41 Å². The van der Waals surface area contributed by atoms with Gasteiger partial charge in [0.15, 0.2) is 0 Å². The second kappa shape index (κ2) is 2.86. The molecule has 76 valence electrons. The molecule has 1 heterocycles. The first-order valence-corrected chi connectivity index (χ1v) is 5.57. The minimum absolute atomic E-state index is 0.639. The molecular formula is C12H17NO. The van der Waals surface area contributed by atoms with Crippen molar-refractivity contribution in [3.05, 3.63) is 23.7 Å². The zero-order valence-electron chi connectivity index (χ0n) is 8.68. The van der Waals surface area contributed by atoms with E-state index in [9.17, 15) is 0 Å². The summed E-state index contributed by atoms with van der Waals surface area (Å²) in [5.41, 5.74) is 2.11. The Labute approximate surface area is 84.7 Å². The number of fused-ring (bicyclic) bond motifs is 1. The molecule has 1 fully saturated rings. The van der Waals surface area contributed by atoms with Gasteiger partial charge in [-0.3, -0.25) is 0 Å². The lowest BCUT2D eigenvalue weighted by atomic mass is 9.75. The molecule has 1 aromatic rings. The van der Waals surface area contributed by atoms with Crippen LogP contribution in [0.3, 0.4) is 0 Å². The minimum Gasteiger partial charge on any atom is -0.469 e. The van der Waals surface area contributed by atoms with Crippen LogP contribution in [0.15, 0.2) is 16.7 Å². The Hall–Kier alpha value is -0.760. The molecular weight excluding hydrogens is 174 g/mol. The Bertz CT molecular complexity index is 338. The Morgan fingerprint density at radius 2 is 2.36 bits per heavy atom. The fourth-order valence-electron chi connectivity index (χ4n) is 3.02. The topological polar surface area (TPSA) is 25.2 Å². The molecule has 0 bridgehead atoms. The second-order valence-corrected chi connectivity index (χ2v) is 4.77. The summed E-state index contributed by atoms with van der Waals surface area (Å²) in [6, 6.07) is 2.18. The second-order valence-electron chi connectivity index (χ2n) is 4.77. The van der Waals surface area contributed by atoms with Gasteiger partial charge in [0.05, 0.1) is 6.26 Å². The number of hydrogen-bond acceptors (Lipinski definition) is 2. The standard InChI is InChI=1S/C12H17NO/c1-13-8-10-9-3-7-14-11(9)2-4-12(10)5-6-12/h3,7,10,13H,2,4-6,8H2,1H3. The SMILES string of the molecule is CNCC1c2ccoc2CCC12CC2. The van der Waals surface area contributed by atoms with E-state index in [2.05, 4.69) is 11.4 Å². The van der Waals surface area contributed by atoms with Gasteiger partial charge in [0.1, 0.15) is 5.76 Å². The van der Waals surface area contributed by atoms with Crippen molar-refractivity contribution in [3.63, 3.8) is 0 Å². The van der Waals surface area contributed by atoms with Gasteiger partial charge in [-0.05, 0) is 43.4 Å². The lowest BCUT2D eigenvalue weighted by molar-refractivity contribution is 0.316. The van der Waals surface area contributed by atoms with Crippen molar-refractivity contribution >= 4 is 0 Å². The first-order chi connectivity index (χ1) is 6.86. The number of aryl methyl sites for hydroxylation is 1. The van der Waals surface area contributed by atoms with E-state index in [-0.39, 0.29) is 0 Å². The maximum atomic E-state index is 5.53. The van der Waals surface area contributed by atoms with Crippen molar-refractivity contribution in [1.29, 1.82) is 0 Å². The van der Waals surface area contributed by atoms with Crippen molar-refractivity contribution in [1.82, 2.24) is 5.32 Å². The largest absolute Gasteiger partial charge is 0.469 e. The van der Waals surface area contributed by atoms with E-state index in [1.54, 1.807) is 0 Å². The molecule has 1 unspecified atom stereocenters. The van der Waals surface area contributed by atoms with Crippen molar-refractivity contribution in [2.45, 2.75) is 31.6 Å². The highest BCUT2D eigenvalue weighted by atomic mass is 16.3. The molecule has 1 aromatic heterocycles. The molecule has 0 aliphatic heterocycles. The van der Waals surface area contributed by atoms with Gasteiger partial charge in [-0.25, -0.2) is 0 Å². The summed E-state index contributed by atoms with van der Waals surface area (Å²) in [6.07, 6.45) is 7.19. The third-order valence-corrected chi connectivity index (χ3v) is 4.04. The van der Waals surface area contributed by atoms with Crippen LogP contribution in [0.4, 0.5) is 0 Å². The average Bonchev–Trinajstić information content (AvgIpc) is 2.79. The van der Waals surface area contributed by atoms with Crippen LogP contribution in [-0.4, -0.2) is 13.6 Å². The van der Waals surface area contributed by atoms with Gasteiger partial charge in [0, 0.05) is 18.9 Å². The number of rotatable bonds is 2. The molecule has 0 saturated heterocycles. The first kappa shape index (κ1) is 8.54. The third-order valence-electron chi connectivity index (χ3n) is 4.04. The Morgan fingerprint density at radius 1 is 1.50 bits per heavy atom. The Kier molecular flexibility index (Phi) is 1.75. The highest BCUT2D eigenvalue weighted by molar-refractivity contribution is 5.31. The molecule has 1 spiro atoms. The van der Waals surface area contributed by atoms with Crippen LogP contribution in [0.2, 0.25) is 0 Å². The summed E-state index contributed by atoms with van der Waals surface area (Å²) < 4.78 is 5.53. The molecule has 1 N–H and O–H groups in total. The molecule has 1 atom stereocenters. The van der Waals surface area contributed by atoms with Crippen molar-refractivity contribution in [3.8, 4) is 0 Å². The van der Waals surface area contributed by atoms with Crippen LogP contribution in [0.5, 0.6) is 0 Å². The fraction of sp³-hybridized carbons (Fsp3) is 0.667. The van der Waals surface area contributed by atoms with Crippen LogP contribution in [0, 0.1) is 5.41 Å². The van der Waals surface area contributed by atoms with Gasteiger partial charge in [0.2, 0.25) is 0 Å². The average molecular weight is 191 g/mol.